The van der Waals surface area contributed by atoms with E-state index in [1.165, 1.54) is 17.0 Å². The van der Waals surface area contributed by atoms with E-state index >= 15 is 0 Å². The third-order valence-electron chi connectivity index (χ3n) is 4.21. The lowest BCUT2D eigenvalue weighted by Gasteiger charge is -2.22. The third-order valence-corrected chi connectivity index (χ3v) is 4.45. The number of nitrogens with zero attached hydrogens (tertiary/aromatic N) is 4. The van der Waals surface area contributed by atoms with Crippen molar-refractivity contribution in [1.29, 1.82) is 5.26 Å². The van der Waals surface area contributed by atoms with Gasteiger partial charge in [0.1, 0.15) is 12.2 Å². The maximum atomic E-state index is 12.9. The Morgan fingerprint density at radius 2 is 1.90 bits per heavy atom. The van der Waals surface area contributed by atoms with Crippen LogP contribution in [0.1, 0.15) is 16.9 Å². The summed E-state index contributed by atoms with van der Waals surface area (Å²) in [6.07, 6.45) is 0.0581. The lowest BCUT2D eigenvalue weighted by atomic mass is 10.1. The summed E-state index contributed by atoms with van der Waals surface area (Å²) in [7, 11) is 0. The van der Waals surface area contributed by atoms with Gasteiger partial charge in [0, 0.05) is 22.6 Å². The second-order valence-corrected chi connectivity index (χ2v) is 6.51. The second kappa shape index (κ2) is 8.54. The molecule has 0 atom stereocenters. The molecule has 1 amide bonds. The number of aromatic carboxylic acids is 1. The maximum absolute atomic E-state index is 12.9. The van der Waals surface area contributed by atoms with Crippen LogP contribution in [0.5, 0.6) is 0 Å². The minimum Gasteiger partial charge on any atom is -0.543 e. The van der Waals surface area contributed by atoms with Crippen LogP contribution in [0.3, 0.4) is 0 Å². The number of rotatable bonds is 6. The number of carbonyl (C=O) groups is 2. The zero-order valence-corrected chi connectivity index (χ0v) is 15.8. The van der Waals surface area contributed by atoms with Gasteiger partial charge < -0.3 is 14.8 Å². The molecule has 1 aromatic heterocycles. The number of carboxylic acid groups (broad SMARTS) is 1. The number of nitriles is 1. The molecular formula is C20H14ClN4O4-. The third kappa shape index (κ3) is 4.25. The Morgan fingerprint density at radius 1 is 1.17 bits per heavy atom. The summed E-state index contributed by atoms with van der Waals surface area (Å²) >= 11 is 5.99. The molecule has 0 aliphatic rings. The quantitative estimate of drug-likeness (QED) is 0.606. The molecule has 29 heavy (non-hydrogen) atoms. The average Bonchev–Trinajstić information content (AvgIpc) is 2.70. The number of aromatic nitrogens is 2. The van der Waals surface area contributed by atoms with Gasteiger partial charge in [0.05, 0.1) is 23.8 Å². The van der Waals surface area contributed by atoms with E-state index in [0.29, 0.717) is 10.7 Å². The smallest absolute Gasteiger partial charge is 0.275 e. The number of fused-ring (bicyclic) bond motifs is 1. The first kappa shape index (κ1) is 20.0. The Labute approximate surface area is 170 Å². The van der Waals surface area contributed by atoms with Crippen molar-refractivity contribution in [3.05, 3.63) is 69.6 Å². The predicted molar refractivity (Wildman–Crippen MR) is 104 cm³/mol. The summed E-state index contributed by atoms with van der Waals surface area (Å²) in [6.45, 7) is -0.437. The van der Waals surface area contributed by atoms with E-state index < -0.39 is 29.7 Å². The zero-order chi connectivity index (χ0) is 21.0. The number of amides is 1. The highest BCUT2D eigenvalue weighted by Crippen LogP contribution is 2.20. The number of benzene rings is 2. The first-order valence-electron chi connectivity index (χ1n) is 8.56. The highest BCUT2D eigenvalue weighted by molar-refractivity contribution is 6.30. The molecule has 0 aliphatic heterocycles. The van der Waals surface area contributed by atoms with Crippen molar-refractivity contribution < 1.29 is 14.7 Å². The Hall–Kier alpha value is -3.70. The minimum absolute atomic E-state index is 0.0581. The lowest BCUT2D eigenvalue weighted by molar-refractivity contribution is -0.255. The second-order valence-electron chi connectivity index (χ2n) is 6.08. The van der Waals surface area contributed by atoms with Crippen molar-refractivity contribution in [2.24, 2.45) is 0 Å². The van der Waals surface area contributed by atoms with Gasteiger partial charge in [-0.3, -0.25) is 9.59 Å². The van der Waals surface area contributed by atoms with Crippen molar-refractivity contribution in [3.8, 4) is 6.07 Å². The van der Waals surface area contributed by atoms with E-state index in [-0.39, 0.29) is 23.7 Å². The van der Waals surface area contributed by atoms with Crippen LogP contribution in [0, 0.1) is 11.3 Å². The van der Waals surface area contributed by atoms with Crippen molar-refractivity contribution in [3.63, 3.8) is 0 Å². The fraction of sp³-hybridized carbons (Fsp3) is 0.150. The van der Waals surface area contributed by atoms with Crippen LogP contribution in [0.4, 0.5) is 5.69 Å². The number of hydrogen-bond donors (Lipinski definition) is 0. The largest absolute Gasteiger partial charge is 0.543 e. The van der Waals surface area contributed by atoms with Crippen molar-refractivity contribution in [2.45, 2.75) is 13.0 Å². The summed E-state index contributed by atoms with van der Waals surface area (Å²) in [4.78, 5) is 38.4. The Morgan fingerprint density at radius 3 is 2.55 bits per heavy atom. The number of carboxylic acids is 1. The molecule has 0 fully saturated rings. The molecule has 0 spiro atoms. The van der Waals surface area contributed by atoms with E-state index in [0.717, 1.165) is 4.68 Å². The molecule has 146 valence electrons. The molecule has 0 N–H and O–H groups in total. The predicted octanol–water partition coefficient (Wildman–Crippen LogP) is 1.36. The van der Waals surface area contributed by atoms with Crippen LogP contribution >= 0.6 is 11.6 Å². The van der Waals surface area contributed by atoms with E-state index in [2.05, 4.69) is 5.10 Å². The standard InChI is InChI=1S/C20H15ClN4O4/c21-13-5-3-6-14(11-13)24(10-4-9-22)17(26)12-25-19(27)16-8-2-1-7-15(16)18(23-25)20(28)29/h1-3,5-8,11H,4,10,12H2,(H,28,29)/p-1. The van der Waals surface area contributed by atoms with Crippen LogP contribution in [0.25, 0.3) is 10.8 Å². The van der Waals surface area contributed by atoms with Gasteiger partial charge in [0.15, 0.2) is 0 Å². The van der Waals surface area contributed by atoms with E-state index in [4.69, 9.17) is 16.9 Å². The van der Waals surface area contributed by atoms with E-state index in [1.54, 1.807) is 36.4 Å². The zero-order valence-electron chi connectivity index (χ0n) is 15.0. The van der Waals surface area contributed by atoms with E-state index in [9.17, 15) is 19.5 Å². The summed E-state index contributed by atoms with van der Waals surface area (Å²) in [5.74, 6) is -2.10. The van der Waals surface area contributed by atoms with Crippen LogP contribution in [0.15, 0.2) is 53.3 Å². The van der Waals surface area contributed by atoms with Gasteiger partial charge in [-0.25, -0.2) is 4.68 Å². The van der Waals surface area contributed by atoms with Gasteiger partial charge in [-0.1, -0.05) is 35.9 Å². The summed E-state index contributed by atoms with van der Waals surface area (Å²) in [5, 5.41) is 24.8. The fourth-order valence-corrected chi connectivity index (χ4v) is 3.09. The van der Waals surface area contributed by atoms with E-state index in [1.807, 2.05) is 6.07 Å². The molecule has 0 aliphatic carbocycles. The Balaban J connectivity index is 2.03. The molecule has 3 rings (SSSR count). The molecule has 2 aromatic carbocycles. The molecular weight excluding hydrogens is 396 g/mol. The molecule has 0 saturated carbocycles. The van der Waals surface area contributed by atoms with Gasteiger partial charge in [0.2, 0.25) is 5.91 Å². The average molecular weight is 410 g/mol. The molecule has 0 unspecified atom stereocenters. The van der Waals surface area contributed by atoms with Crippen LogP contribution < -0.4 is 15.6 Å². The highest BCUT2D eigenvalue weighted by Gasteiger charge is 2.19. The lowest BCUT2D eigenvalue weighted by Crippen LogP contribution is -2.39. The molecule has 9 heteroatoms. The minimum atomic E-state index is -1.56. The Bertz CT molecular complexity index is 1200. The molecule has 1 heterocycles. The molecule has 0 saturated heterocycles. The monoisotopic (exact) mass is 409 g/mol. The first-order valence-corrected chi connectivity index (χ1v) is 8.94. The molecule has 0 radical (unpaired) electrons. The normalized spacial score (nSPS) is 10.5. The van der Waals surface area contributed by atoms with Crippen molar-refractivity contribution in [1.82, 2.24) is 9.78 Å². The topological polar surface area (TPSA) is 119 Å². The van der Waals surface area contributed by atoms with Gasteiger partial charge in [-0.2, -0.15) is 10.4 Å². The Kier molecular flexibility index (Phi) is 5.90. The number of carbonyl (C=O) groups excluding carboxylic acids is 2. The maximum Gasteiger partial charge on any atom is 0.275 e. The van der Waals surface area contributed by atoms with Gasteiger partial charge in [0.25, 0.3) is 5.56 Å². The SMILES string of the molecule is N#CCCN(C(=O)Cn1nc(C(=O)[O-])c2ccccc2c1=O)c1cccc(Cl)c1. The summed E-state index contributed by atoms with van der Waals surface area (Å²) in [6, 6.07) is 14.5. The fourth-order valence-electron chi connectivity index (χ4n) is 2.91. The van der Waals surface area contributed by atoms with Gasteiger partial charge in [-0.15, -0.1) is 0 Å². The van der Waals surface area contributed by atoms with Gasteiger partial charge >= 0.3 is 0 Å². The van der Waals surface area contributed by atoms with Crippen LogP contribution in [-0.4, -0.2) is 28.2 Å². The molecule has 0 bridgehead atoms. The molecule has 3 aromatic rings. The number of hydrogen-bond acceptors (Lipinski definition) is 6. The van der Waals surface area contributed by atoms with Crippen LogP contribution in [-0.2, 0) is 11.3 Å². The van der Waals surface area contributed by atoms with Crippen molar-refractivity contribution >= 4 is 39.9 Å². The summed E-state index contributed by atoms with van der Waals surface area (Å²) in [5.41, 5.74) is -0.587. The summed E-state index contributed by atoms with van der Waals surface area (Å²) < 4.78 is 0.791. The van der Waals surface area contributed by atoms with Crippen molar-refractivity contribution in [2.75, 3.05) is 11.4 Å². The number of halogens is 1. The molecule has 8 nitrogen and oxygen atoms in total. The highest BCUT2D eigenvalue weighted by atomic mass is 35.5. The van der Waals surface area contributed by atoms with Crippen LogP contribution in [0.2, 0.25) is 5.02 Å². The first-order chi connectivity index (χ1) is 13.9. The van der Waals surface area contributed by atoms with Gasteiger partial charge in [-0.05, 0) is 24.3 Å². The number of anilines is 1.